The third-order valence-electron chi connectivity index (χ3n) is 4.78. The van der Waals surface area contributed by atoms with Crippen LogP contribution in [0.2, 0.25) is 0 Å². The molecule has 23 heavy (non-hydrogen) atoms. The summed E-state index contributed by atoms with van der Waals surface area (Å²) in [5, 5.41) is 12.2. The molecular formula is C17H28N2O4. The highest BCUT2D eigenvalue weighted by atomic mass is 16.5. The van der Waals surface area contributed by atoms with Crippen LogP contribution in [0.4, 0.5) is 4.79 Å². The Hall–Kier alpha value is -1.56. The van der Waals surface area contributed by atoms with E-state index < -0.39 is 12.0 Å². The summed E-state index contributed by atoms with van der Waals surface area (Å²) in [7, 11) is 0. The van der Waals surface area contributed by atoms with E-state index in [1.165, 1.54) is 0 Å². The molecule has 1 saturated heterocycles. The van der Waals surface area contributed by atoms with Crippen molar-refractivity contribution < 1.29 is 19.4 Å². The number of nitrogens with one attached hydrogen (secondary N) is 1. The molecule has 0 bridgehead atoms. The standard InChI is InChI=1S/C17H28N2O4/c1-2-11-23-14-9-6-10-19(12-14)17(22)18-15(16(20)21)13-7-4-3-5-8-13/h2,13-15H,1,3-12H2,(H,18,22)(H,20,21)/t14-,15+/m1/s1. The van der Waals surface area contributed by atoms with E-state index in [2.05, 4.69) is 11.9 Å². The van der Waals surface area contributed by atoms with E-state index in [1.807, 2.05) is 0 Å². The maximum absolute atomic E-state index is 12.5. The Balaban J connectivity index is 1.89. The zero-order valence-electron chi connectivity index (χ0n) is 13.7. The van der Waals surface area contributed by atoms with Crippen molar-refractivity contribution in [2.24, 2.45) is 5.92 Å². The van der Waals surface area contributed by atoms with Crippen molar-refractivity contribution in [3.05, 3.63) is 12.7 Å². The summed E-state index contributed by atoms with van der Waals surface area (Å²) in [5.74, 6) is -0.885. The Morgan fingerprint density at radius 1 is 1.26 bits per heavy atom. The van der Waals surface area contributed by atoms with E-state index in [-0.39, 0.29) is 18.1 Å². The van der Waals surface area contributed by atoms with Gasteiger partial charge >= 0.3 is 12.0 Å². The maximum atomic E-state index is 12.5. The van der Waals surface area contributed by atoms with E-state index in [4.69, 9.17) is 4.74 Å². The minimum atomic E-state index is -0.929. The van der Waals surface area contributed by atoms with Gasteiger partial charge < -0.3 is 20.1 Å². The molecule has 2 fully saturated rings. The van der Waals surface area contributed by atoms with Gasteiger partial charge in [-0.25, -0.2) is 9.59 Å². The number of carboxylic acid groups (broad SMARTS) is 1. The fraction of sp³-hybridized carbons (Fsp3) is 0.765. The molecule has 0 aromatic heterocycles. The summed E-state index contributed by atoms with van der Waals surface area (Å²) in [5.41, 5.74) is 0. The van der Waals surface area contributed by atoms with Crippen LogP contribution in [0.5, 0.6) is 0 Å². The number of carbonyl (C=O) groups excluding carboxylic acids is 1. The fourth-order valence-electron chi connectivity index (χ4n) is 3.54. The molecule has 2 atom stereocenters. The molecule has 0 spiro atoms. The number of piperidine rings is 1. The van der Waals surface area contributed by atoms with E-state index in [0.717, 1.165) is 44.9 Å². The van der Waals surface area contributed by atoms with E-state index in [1.54, 1.807) is 11.0 Å². The van der Waals surface area contributed by atoms with Crippen molar-refractivity contribution in [2.75, 3.05) is 19.7 Å². The molecule has 1 aliphatic carbocycles. The number of rotatable bonds is 6. The van der Waals surface area contributed by atoms with Gasteiger partial charge in [0.05, 0.1) is 12.7 Å². The van der Waals surface area contributed by atoms with Crippen LogP contribution in [0.15, 0.2) is 12.7 Å². The molecule has 1 aliphatic heterocycles. The van der Waals surface area contributed by atoms with Gasteiger partial charge in [0, 0.05) is 13.1 Å². The highest BCUT2D eigenvalue weighted by molar-refractivity contribution is 5.82. The van der Waals surface area contributed by atoms with Crippen LogP contribution < -0.4 is 5.32 Å². The molecular weight excluding hydrogens is 296 g/mol. The second kappa shape index (κ2) is 8.91. The molecule has 0 aromatic rings. The van der Waals surface area contributed by atoms with Gasteiger partial charge in [0.25, 0.3) is 0 Å². The average Bonchev–Trinajstić information content (AvgIpc) is 2.58. The van der Waals surface area contributed by atoms with E-state index >= 15 is 0 Å². The van der Waals surface area contributed by atoms with Crippen LogP contribution in [0.1, 0.15) is 44.9 Å². The number of carbonyl (C=O) groups is 2. The quantitative estimate of drug-likeness (QED) is 0.735. The summed E-state index contributed by atoms with van der Waals surface area (Å²) in [6.45, 7) is 5.26. The third kappa shape index (κ3) is 5.23. The zero-order valence-corrected chi connectivity index (χ0v) is 13.7. The third-order valence-corrected chi connectivity index (χ3v) is 4.78. The number of hydrogen-bond donors (Lipinski definition) is 2. The predicted octanol–water partition coefficient (Wildman–Crippen LogP) is 2.40. The van der Waals surface area contributed by atoms with Crippen LogP contribution in [0.25, 0.3) is 0 Å². The van der Waals surface area contributed by atoms with Crippen molar-refractivity contribution in [3.8, 4) is 0 Å². The van der Waals surface area contributed by atoms with Gasteiger partial charge in [-0.05, 0) is 31.6 Å². The van der Waals surface area contributed by atoms with E-state index in [0.29, 0.717) is 19.7 Å². The monoisotopic (exact) mass is 324 g/mol. The SMILES string of the molecule is C=CCO[C@@H]1CCCN(C(=O)N[C@H](C(=O)O)C2CCCCC2)C1. The van der Waals surface area contributed by atoms with Crippen LogP contribution in [-0.4, -0.2) is 53.8 Å². The van der Waals surface area contributed by atoms with Crippen LogP contribution in [0.3, 0.4) is 0 Å². The largest absolute Gasteiger partial charge is 0.480 e. The van der Waals surface area contributed by atoms with Crippen molar-refractivity contribution in [1.29, 1.82) is 0 Å². The van der Waals surface area contributed by atoms with Crippen molar-refractivity contribution in [3.63, 3.8) is 0 Å². The predicted molar refractivity (Wildman–Crippen MR) is 87.3 cm³/mol. The van der Waals surface area contributed by atoms with Crippen molar-refractivity contribution in [2.45, 2.75) is 57.1 Å². The highest BCUT2D eigenvalue weighted by Gasteiger charge is 2.33. The molecule has 130 valence electrons. The molecule has 2 rings (SSSR count). The molecule has 2 amide bonds. The minimum Gasteiger partial charge on any atom is -0.480 e. The first-order valence-electron chi connectivity index (χ1n) is 8.62. The lowest BCUT2D eigenvalue weighted by Crippen LogP contribution is -2.54. The molecule has 6 heteroatoms. The van der Waals surface area contributed by atoms with Gasteiger partial charge in [-0.2, -0.15) is 0 Å². The van der Waals surface area contributed by atoms with Crippen molar-refractivity contribution >= 4 is 12.0 Å². The number of likely N-dealkylation sites (tertiary alicyclic amines) is 1. The molecule has 6 nitrogen and oxygen atoms in total. The summed E-state index contributed by atoms with van der Waals surface area (Å²) in [6, 6.07) is -1.06. The second-order valence-electron chi connectivity index (χ2n) is 6.50. The summed E-state index contributed by atoms with van der Waals surface area (Å²) in [4.78, 5) is 25.7. The van der Waals surface area contributed by atoms with Crippen molar-refractivity contribution in [1.82, 2.24) is 10.2 Å². The number of urea groups is 1. The number of amides is 2. The Kier molecular flexibility index (Phi) is 6.89. The highest BCUT2D eigenvalue weighted by Crippen LogP contribution is 2.27. The normalized spacial score (nSPS) is 24.0. The molecule has 2 N–H and O–H groups in total. The van der Waals surface area contributed by atoms with Gasteiger partial charge in [0.2, 0.25) is 0 Å². The molecule has 0 aromatic carbocycles. The lowest BCUT2D eigenvalue weighted by Gasteiger charge is -2.35. The van der Waals surface area contributed by atoms with Gasteiger partial charge in [0.15, 0.2) is 0 Å². The molecule has 1 saturated carbocycles. The number of hydrogen-bond acceptors (Lipinski definition) is 3. The summed E-state index contributed by atoms with van der Waals surface area (Å²) in [6.07, 6.45) is 8.50. The average molecular weight is 324 g/mol. The summed E-state index contributed by atoms with van der Waals surface area (Å²) >= 11 is 0. The Morgan fingerprint density at radius 2 is 2.00 bits per heavy atom. The molecule has 0 radical (unpaired) electrons. The topological polar surface area (TPSA) is 78.9 Å². The number of aliphatic carboxylic acids is 1. The van der Waals surface area contributed by atoms with Crippen LogP contribution >= 0.6 is 0 Å². The van der Waals surface area contributed by atoms with E-state index in [9.17, 15) is 14.7 Å². The lowest BCUT2D eigenvalue weighted by atomic mass is 9.84. The number of ether oxygens (including phenoxy) is 1. The smallest absolute Gasteiger partial charge is 0.326 e. The number of nitrogens with zero attached hydrogens (tertiary/aromatic N) is 1. The minimum absolute atomic E-state index is 0.00505. The first kappa shape index (κ1) is 17.8. The maximum Gasteiger partial charge on any atom is 0.326 e. The second-order valence-corrected chi connectivity index (χ2v) is 6.50. The molecule has 0 unspecified atom stereocenters. The van der Waals surface area contributed by atoms with Gasteiger partial charge in [-0.15, -0.1) is 6.58 Å². The fourth-order valence-corrected chi connectivity index (χ4v) is 3.54. The molecule has 1 heterocycles. The van der Waals surface area contributed by atoms with Gasteiger partial charge in [-0.3, -0.25) is 0 Å². The Labute approximate surface area is 137 Å². The first-order valence-corrected chi connectivity index (χ1v) is 8.62. The Bertz CT molecular complexity index is 421. The van der Waals surface area contributed by atoms with Crippen LogP contribution in [-0.2, 0) is 9.53 Å². The lowest BCUT2D eigenvalue weighted by molar-refractivity contribution is -0.141. The summed E-state index contributed by atoms with van der Waals surface area (Å²) < 4.78 is 5.63. The molecule has 2 aliphatic rings. The van der Waals surface area contributed by atoms with Gasteiger partial charge in [-0.1, -0.05) is 25.3 Å². The Morgan fingerprint density at radius 3 is 2.65 bits per heavy atom. The number of carboxylic acids is 1. The van der Waals surface area contributed by atoms with Gasteiger partial charge in [0.1, 0.15) is 6.04 Å². The zero-order chi connectivity index (χ0) is 16.7. The van der Waals surface area contributed by atoms with Crippen LogP contribution in [0, 0.1) is 5.92 Å². The first-order chi connectivity index (χ1) is 11.1.